The zero-order valence-electron chi connectivity index (χ0n) is 20.0. The molecule has 0 radical (unpaired) electrons. The molecule has 0 bridgehead atoms. The fraction of sp³-hybridized carbons (Fsp3) is 0.360. The number of likely N-dealkylation sites (tertiary alicyclic amines) is 1. The second-order valence-electron chi connectivity index (χ2n) is 9.70. The van der Waals surface area contributed by atoms with Gasteiger partial charge in [-0.1, -0.05) is 5.92 Å². The monoisotopic (exact) mass is 535 g/mol. The average molecular weight is 536 g/mol. The third kappa shape index (κ3) is 4.56. The second-order valence-corrected chi connectivity index (χ2v) is 10.6. The summed E-state index contributed by atoms with van der Waals surface area (Å²) in [7, 11) is 1.89. The van der Waals surface area contributed by atoms with Crippen molar-refractivity contribution in [3.63, 3.8) is 0 Å². The minimum atomic E-state index is -0.544. The zero-order valence-corrected chi connectivity index (χ0v) is 21.6. The van der Waals surface area contributed by atoms with Crippen molar-refractivity contribution in [2.24, 2.45) is 7.05 Å². The number of halogens is 1. The Labute approximate surface area is 211 Å². The summed E-state index contributed by atoms with van der Waals surface area (Å²) in [6, 6.07) is 5.88. The largest absolute Gasteiger partial charge is 0.444 e. The number of benzene rings is 1. The van der Waals surface area contributed by atoms with E-state index in [9.17, 15) is 4.79 Å². The number of carbonyl (C=O) groups is 1. The van der Waals surface area contributed by atoms with Crippen molar-refractivity contribution in [2.75, 3.05) is 18.8 Å². The van der Waals surface area contributed by atoms with Crippen molar-refractivity contribution in [3.8, 4) is 11.8 Å². The molecule has 5 rings (SSSR count). The highest BCUT2D eigenvalue weighted by Gasteiger charge is 2.33. The number of aromatic nitrogens is 5. The number of ether oxygens (including phenoxy) is 1. The molecule has 1 amide bonds. The summed E-state index contributed by atoms with van der Waals surface area (Å²) in [6.07, 6.45) is 4.06. The summed E-state index contributed by atoms with van der Waals surface area (Å²) in [6.45, 7) is 6.67. The summed E-state index contributed by atoms with van der Waals surface area (Å²) >= 11 is 3.61. The summed E-state index contributed by atoms with van der Waals surface area (Å²) in [5.74, 6) is 6.75. The summed E-state index contributed by atoms with van der Waals surface area (Å²) in [5.41, 5.74) is 8.81. The molecule has 1 fully saturated rings. The van der Waals surface area contributed by atoms with Crippen LogP contribution in [0.4, 0.5) is 10.6 Å². The molecule has 3 aromatic heterocycles. The van der Waals surface area contributed by atoms with E-state index in [0.717, 1.165) is 32.9 Å². The van der Waals surface area contributed by atoms with Crippen LogP contribution in [0.15, 0.2) is 35.1 Å². The maximum Gasteiger partial charge on any atom is 0.410 e. The molecule has 1 unspecified atom stereocenters. The minimum absolute atomic E-state index is 0.0384. The van der Waals surface area contributed by atoms with E-state index in [1.165, 1.54) is 0 Å². The van der Waals surface area contributed by atoms with Gasteiger partial charge in [-0.05, 0) is 67.2 Å². The number of nitrogens with zero attached hydrogens (tertiary/aromatic N) is 6. The lowest BCUT2D eigenvalue weighted by Crippen LogP contribution is -2.35. The number of anilines is 1. The number of aryl methyl sites for hydroxylation is 1. The Bertz CT molecular complexity index is 1520. The molecular weight excluding hydrogens is 510 g/mol. The van der Waals surface area contributed by atoms with Gasteiger partial charge in [-0.15, -0.1) is 0 Å². The number of hydrogen-bond donors (Lipinski definition) is 1. The van der Waals surface area contributed by atoms with E-state index in [2.05, 4.69) is 37.9 Å². The maximum atomic E-state index is 12.6. The SMILES string of the molecule is Cn1cc2ccc(C#Cc3nn(C4CCN(C(=O)OC(C)(C)C)C4)c4c(Br)cnc(N)c34)cc2n1. The van der Waals surface area contributed by atoms with Crippen LogP contribution in [-0.2, 0) is 11.8 Å². The smallest absolute Gasteiger partial charge is 0.410 e. The number of hydrogen-bond acceptors (Lipinski definition) is 6. The summed E-state index contributed by atoms with van der Waals surface area (Å²) in [5, 5.41) is 11.0. The molecule has 0 spiro atoms. The topological polar surface area (TPSA) is 104 Å². The number of fused-ring (bicyclic) bond motifs is 2. The van der Waals surface area contributed by atoms with E-state index < -0.39 is 5.60 Å². The van der Waals surface area contributed by atoms with Crippen LogP contribution in [0.2, 0.25) is 0 Å². The summed E-state index contributed by atoms with van der Waals surface area (Å²) in [4.78, 5) is 18.6. The number of nitrogens with two attached hydrogens (primary N) is 1. The number of rotatable bonds is 1. The standard InChI is InChI=1S/C25H26BrN7O2/c1-25(2,3)35-24(34)32-10-9-17(14-32)33-22-18(26)12-28-23(27)21(22)19(30-33)8-6-15-5-7-16-13-31(4)29-20(16)11-15/h5,7,11-13,17H,9-10,14H2,1-4H3,(H2,27,28). The minimum Gasteiger partial charge on any atom is -0.444 e. The van der Waals surface area contributed by atoms with Crippen molar-refractivity contribution in [2.45, 2.75) is 38.8 Å². The van der Waals surface area contributed by atoms with Gasteiger partial charge in [0.05, 0.1) is 26.9 Å². The van der Waals surface area contributed by atoms with E-state index in [4.69, 9.17) is 15.6 Å². The third-order valence-electron chi connectivity index (χ3n) is 5.82. The van der Waals surface area contributed by atoms with Crippen LogP contribution in [0.25, 0.3) is 21.8 Å². The first kappa shape index (κ1) is 23.2. The van der Waals surface area contributed by atoms with Gasteiger partial charge in [0.2, 0.25) is 0 Å². The highest BCUT2D eigenvalue weighted by Crippen LogP contribution is 2.34. The number of pyridine rings is 1. The molecule has 10 heteroatoms. The molecule has 1 atom stereocenters. The average Bonchev–Trinajstić information content (AvgIpc) is 3.49. The Morgan fingerprint density at radius 2 is 2.06 bits per heavy atom. The first-order valence-corrected chi connectivity index (χ1v) is 12.1. The van der Waals surface area contributed by atoms with Crippen LogP contribution in [0, 0.1) is 11.8 Å². The Hall–Kier alpha value is -3.58. The number of amides is 1. The molecule has 2 N–H and O–H groups in total. The zero-order chi connectivity index (χ0) is 24.9. The van der Waals surface area contributed by atoms with Crippen LogP contribution >= 0.6 is 15.9 Å². The first-order valence-electron chi connectivity index (χ1n) is 11.3. The van der Waals surface area contributed by atoms with Crippen molar-refractivity contribution < 1.29 is 9.53 Å². The Balaban J connectivity index is 1.51. The van der Waals surface area contributed by atoms with Crippen LogP contribution < -0.4 is 5.73 Å². The van der Waals surface area contributed by atoms with Gasteiger partial charge in [-0.2, -0.15) is 10.2 Å². The van der Waals surface area contributed by atoms with Gasteiger partial charge in [0, 0.05) is 43.5 Å². The van der Waals surface area contributed by atoms with Crippen molar-refractivity contribution in [1.29, 1.82) is 0 Å². The van der Waals surface area contributed by atoms with Gasteiger partial charge in [-0.25, -0.2) is 9.78 Å². The van der Waals surface area contributed by atoms with E-state index in [1.807, 2.05) is 56.9 Å². The molecule has 4 aromatic rings. The van der Waals surface area contributed by atoms with Crippen LogP contribution in [0.3, 0.4) is 0 Å². The normalized spacial score (nSPS) is 16.0. The first-order chi connectivity index (χ1) is 16.6. The van der Waals surface area contributed by atoms with Crippen molar-refractivity contribution >= 4 is 49.6 Å². The van der Waals surface area contributed by atoms with Gasteiger partial charge in [0.15, 0.2) is 0 Å². The van der Waals surface area contributed by atoms with Gasteiger partial charge in [-0.3, -0.25) is 9.36 Å². The predicted molar refractivity (Wildman–Crippen MR) is 138 cm³/mol. The molecule has 1 saturated heterocycles. The molecule has 1 aliphatic rings. The van der Waals surface area contributed by atoms with Gasteiger partial charge in [0.1, 0.15) is 17.1 Å². The number of nitrogen functional groups attached to an aromatic ring is 1. The molecule has 35 heavy (non-hydrogen) atoms. The fourth-order valence-electron chi connectivity index (χ4n) is 4.29. The van der Waals surface area contributed by atoms with Crippen LogP contribution in [0.5, 0.6) is 0 Å². The molecule has 1 aromatic carbocycles. The lowest BCUT2D eigenvalue weighted by atomic mass is 10.1. The lowest BCUT2D eigenvalue weighted by molar-refractivity contribution is 0.0288. The molecule has 180 valence electrons. The van der Waals surface area contributed by atoms with E-state index in [0.29, 0.717) is 30.0 Å². The Morgan fingerprint density at radius 3 is 2.83 bits per heavy atom. The Morgan fingerprint density at radius 1 is 1.26 bits per heavy atom. The molecular formula is C25H26BrN7O2. The third-order valence-corrected chi connectivity index (χ3v) is 6.40. The quantitative estimate of drug-likeness (QED) is 0.365. The molecule has 1 aliphatic heterocycles. The van der Waals surface area contributed by atoms with E-state index in [-0.39, 0.29) is 12.1 Å². The lowest BCUT2D eigenvalue weighted by Gasteiger charge is -2.24. The predicted octanol–water partition coefficient (Wildman–Crippen LogP) is 4.24. The fourth-order valence-corrected chi connectivity index (χ4v) is 4.77. The molecule has 9 nitrogen and oxygen atoms in total. The molecule has 0 saturated carbocycles. The molecule has 4 heterocycles. The van der Waals surface area contributed by atoms with Crippen LogP contribution in [-0.4, -0.2) is 54.2 Å². The van der Waals surface area contributed by atoms with Gasteiger partial charge >= 0.3 is 6.09 Å². The Kier molecular flexibility index (Phi) is 5.68. The summed E-state index contributed by atoms with van der Waals surface area (Å²) < 4.78 is 10.0. The van der Waals surface area contributed by atoms with Crippen molar-refractivity contribution in [1.82, 2.24) is 29.4 Å². The molecule has 0 aliphatic carbocycles. The van der Waals surface area contributed by atoms with Crippen LogP contribution in [0.1, 0.15) is 44.5 Å². The van der Waals surface area contributed by atoms with E-state index >= 15 is 0 Å². The van der Waals surface area contributed by atoms with Gasteiger partial charge in [0.25, 0.3) is 0 Å². The maximum absolute atomic E-state index is 12.6. The van der Waals surface area contributed by atoms with E-state index in [1.54, 1.807) is 15.8 Å². The number of carbonyl (C=O) groups excluding carboxylic acids is 1. The highest BCUT2D eigenvalue weighted by atomic mass is 79.9. The second kappa shape index (κ2) is 8.57. The van der Waals surface area contributed by atoms with Gasteiger partial charge < -0.3 is 15.4 Å². The highest BCUT2D eigenvalue weighted by molar-refractivity contribution is 9.10. The van der Waals surface area contributed by atoms with Crippen molar-refractivity contribution in [3.05, 3.63) is 46.3 Å².